The Labute approximate surface area is 122 Å². The molecule has 0 radical (unpaired) electrons. The smallest absolute Gasteiger partial charge is 0.139 e. The average molecular weight is 282 g/mol. The predicted molar refractivity (Wildman–Crippen MR) is 83.1 cm³/mol. The first-order valence-corrected chi connectivity index (χ1v) is 6.76. The minimum absolute atomic E-state index is 0.490. The predicted octanol–water partition coefficient (Wildman–Crippen LogP) is 4.11. The van der Waals surface area contributed by atoms with Crippen molar-refractivity contribution in [2.45, 2.75) is 6.61 Å². The first-order valence-electron chi connectivity index (χ1n) is 6.35. The van der Waals surface area contributed by atoms with Crippen LogP contribution in [0.1, 0.15) is 5.69 Å². The number of aromatic amines is 1. The Balaban J connectivity index is 2.23. The van der Waals surface area contributed by atoms with Crippen LogP contribution in [-0.2, 0) is 11.3 Å². The maximum absolute atomic E-state index is 5.24. The van der Waals surface area contributed by atoms with E-state index < -0.39 is 0 Å². The Bertz CT molecular complexity index is 805. The lowest BCUT2D eigenvalue weighted by Gasteiger charge is -2.08. The zero-order chi connectivity index (χ0) is 13.9. The van der Waals surface area contributed by atoms with Crippen LogP contribution in [-0.4, -0.2) is 17.1 Å². The highest BCUT2D eigenvalue weighted by Gasteiger charge is 2.06. The third kappa shape index (κ3) is 2.48. The molecular weight excluding hydrogens is 268 g/mol. The van der Waals surface area contributed by atoms with E-state index in [0.717, 1.165) is 22.5 Å². The van der Waals surface area contributed by atoms with Crippen LogP contribution in [0.4, 0.5) is 0 Å². The second-order valence-corrected chi connectivity index (χ2v) is 4.97. The van der Waals surface area contributed by atoms with Gasteiger partial charge in [-0.2, -0.15) is 0 Å². The van der Waals surface area contributed by atoms with Crippen molar-refractivity contribution in [3.05, 3.63) is 58.9 Å². The number of nitrogens with zero attached hydrogens (tertiary/aromatic N) is 1. The topological polar surface area (TPSA) is 37.9 Å². The van der Waals surface area contributed by atoms with E-state index in [1.807, 2.05) is 30.3 Å². The first kappa shape index (κ1) is 13.0. The molecule has 3 rings (SSSR count). The van der Waals surface area contributed by atoms with E-state index in [0.29, 0.717) is 11.2 Å². The van der Waals surface area contributed by atoms with Gasteiger partial charge < -0.3 is 9.72 Å². The molecule has 1 aromatic heterocycles. The maximum atomic E-state index is 5.24. The molecule has 0 aliphatic rings. The summed E-state index contributed by atoms with van der Waals surface area (Å²) in [4.78, 5) is 7.73. The number of methoxy groups -OCH3 is 1. The second kappa shape index (κ2) is 5.53. The third-order valence-corrected chi connectivity index (χ3v) is 3.35. The van der Waals surface area contributed by atoms with Crippen molar-refractivity contribution in [2.75, 3.05) is 7.11 Å². The van der Waals surface area contributed by atoms with E-state index in [4.69, 9.17) is 17.0 Å². The third-order valence-electron chi connectivity index (χ3n) is 3.14. The van der Waals surface area contributed by atoms with Gasteiger partial charge in [-0.25, -0.2) is 4.98 Å². The van der Waals surface area contributed by atoms with Crippen LogP contribution in [0.5, 0.6) is 0 Å². The summed E-state index contributed by atoms with van der Waals surface area (Å²) in [5, 5.41) is 2.34. The molecule has 2 aromatic carbocycles. The standard InChI is InChI=1S/C16H14N2OS/c1-19-10-12-9-15(20)18-16(17-12)14-8-4-6-11-5-2-3-7-13(11)14/h2-9H,10H2,1H3,(H,17,18,20). The molecule has 100 valence electrons. The number of nitrogens with one attached hydrogen (secondary N) is 1. The van der Waals surface area contributed by atoms with Crippen LogP contribution >= 0.6 is 12.2 Å². The zero-order valence-electron chi connectivity index (χ0n) is 11.1. The molecule has 0 atom stereocenters. The number of hydrogen-bond donors (Lipinski definition) is 1. The first-order chi connectivity index (χ1) is 9.78. The van der Waals surface area contributed by atoms with Gasteiger partial charge >= 0.3 is 0 Å². The van der Waals surface area contributed by atoms with Crippen LogP contribution in [0.25, 0.3) is 22.2 Å². The largest absolute Gasteiger partial charge is 0.378 e. The lowest BCUT2D eigenvalue weighted by Crippen LogP contribution is -1.98. The fourth-order valence-electron chi connectivity index (χ4n) is 2.30. The van der Waals surface area contributed by atoms with Crippen molar-refractivity contribution in [1.82, 2.24) is 9.97 Å². The van der Waals surface area contributed by atoms with Crippen molar-refractivity contribution in [2.24, 2.45) is 0 Å². The van der Waals surface area contributed by atoms with Crippen molar-refractivity contribution in [3.63, 3.8) is 0 Å². The van der Waals surface area contributed by atoms with E-state index in [2.05, 4.69) is 28.2 Å². The summed E-state index contributed by atoms with van der Waals surface area (Å²) in [5.74, 6) is 0.779. The van der Waals surface area contributed by atoms with Crippen LogP contribution in [0.15, 0.2) is 48.5 Å². The van der Waals surface area contributed by atoms with Gasteiger partial charge in [0, 0.05) is 18.4 Å². The normalized spacial score (nSPS) is 10.8. The Morgan fingerprint density at radius 1 is 1.15 bits per heavy atom. The quantitative estimate of drug-likeness (QED) is 0.735. The van der Waals surface area contributed by atoms with Crippen molar-refractivity contribution >= 4 is 23.0 Å². The summed E-state index contributed by atoms with van der Waals surface area (Å²) < 4.78 is 5.72. The lowest BCUT2D eigenvalue weighted by atomic mass is 10.0. The number of ether oxygens (including phenoxy) is 1. The Morgan fingerprint density at radius 2 is 1.95 bits per heavy atom. The molecule has 0 saturated heterocycles. The second-order valence-electron chi connectivity index (χ2n) is 4.55. The summed E-state index contributed by atoms with van der Waals surface area (Å²) >= 11 is 5.24. The van der Waals surface area contributed by atoms with Gasteiger partial charge in [-0.3, -0.25) is 0 Å². The van der Waals surface area contributed by atoms with E-state index >= 15 is 0 Å². The van der Waals surface area contributed by atoms with Crippen LogP contribution in [0.2, 0.25) is 0 Å². The number of H-pyrrole nitrogens is 1. The minimum atomic E-state index is 0.490. The molecule has 0 aliphatic heterocycles. The fourth-order valence-corrected chi connectivity index (χ4v) is 2.53. The summed E-state index contributed by atoms with van der Waals surface area (Å²) in [5.41, 5.74) is 1.97. The summed E-state index contributed by atoms with van der Waals surface area (Å²) in [6.45, 7) is 0.490. The van der Waals surface area contributed by atoms with E-state index in [-0.39, 0.29) is 0 Å². The number of rotatable bonds is 3. The van der Waals surface area contributed by atoms with Crippen LogP contribution < -0.4 is 0 Å². The van der Waals surface area contributed by atoms with Gasteiger partial charge in [0.2, 0.25) is 0 Å². The Morgan fingerprint density at radius 3 is 2.80 bits per heavy atom. The molecule has 4 heteroatoms. The lowest BCUT2D eigenvalue weighted by molar-refractivity contribution is 0.181. The van der Waals surface area contributed by atoms with Crippen molar-refractivity contribution < 1.29 is 4.74 Å². The maximum Gasteiger partial charge on any atom is 0.139 e. The summed E-state index contributed by atoms with van der Waals surface area (Å²) in [6.07, 6.45) is 0. The summed E-state index contributed by atoms with van der Waals surface area (Å²) in [7, 11) is 1.66. The van der Waals surface area contributed by atoms with Gasteiger partial charge in [0.1, 0.15) is 10.5 Å². The molecule has 3 nitrogen and oxygen atoms in total. The summed E-state index contributed by atoms with van der Waals surface area (Å²) in [6, 6.07) is 16.2. The zero-order valence-corrected chi connectivity index (χ0v) is 11.9. The number of benzene rings is 2. The Hall–Kier alpha value is -2.04. The minimum Gasteiger partial charge on any atom is -0.378 e. The van der Waals surface area contributed by atoms with E-state index in [1.54, 1.807) is 7.11 Å². The number of fused-ring (bicyclic) bond motifs is 1. The molecule has 0 saturated carbocycles. The molecule has 0 aliphatic carbocycles. The van der Waals surface area contributed by atoms with Gasteiger partial charge in [0.25, 0.3) is 0 Å². The molecule has 0 amide bonds. The monoisotopic (exact) mass is 282 g/mol. The van der Waals surface area contributed by atoms with Gasteiger partial charge in [-0.15, -0.1) is 0 Å². The molecule has 20 heavy (non-hydrogen) atoms. The highest BCUT2D eigenvalue weighted by atomic mass is 32.1. The molecule has 1 heterocycles. The van der Waals surface area contributed by atoms with Gasteiger partial charge in [-0.05, 0) is 16.8 Å². The van der Waals surface area contributed by atoms with E-state index in [1.165, 1.54) is 5.39 Å². The average Bonchev–Trinajstić information content (AvgIpc) is 2.46. The molecule has 0 fully saturated rings. The van der Waals surface area contributed by atoms with Gasteiger partial charge in [0.15, 0.2) is 0 Å². The molecule has 3 aromatic rings. The molecule has 0 bridgehead atoms. The van der Waals surface area contributed by atoms with Crippen LogP contribution in [0.3, 0.4) is 0 Å². The number of hydrogen-bond acceptors (Lipinski definition) is 3. The van der Waals surface area contributed by atoms with E-state index in [9.17, 15) is 0 Å². The van der Waals surface area contributed by atoms with Crippen molar-refractivity contribution in [3.8, 4) is 11.4 Å². The number of aromatic nitrogens is 2. The SMILES string of the molecule is COCc1cc(=S)nc(-c2cccc3ccccc23)[nH]1. The van der Waals surface area contributed by atoms with Crippen molar-refractivity contribution in [1.29, 1.82) is 0 Å². The molecule has 1 N–H and O–H groups in total. The van der Waals surface area contributed by atoms with Gasteiger partial charge in [0.05, 0.1) is 6.61 Å². The van der Waals surface area contributed by atoms with Crippen LogP contribution in [0, 0.1) is 4.64 Å². The fraction of sp³-hybridized carbons (Fsp3) is 0.125. The van der Waals surface area contributed by atoms with Gasteiger partial charge in [-0.1, -0.05) is 54.7 Å². The highest BCUT2D eigenvalue weighted by Crippen LogP contribution is 2.26. The molecule has 0 unspecified atom stereocenters. The molecule has 0 spiro atoms. The Kier molecular flexibility index (Phi) is 3.58. The molecular formula is C16H14N2OS. The highest BCUT2D eigenvalue weighted by molar-refractivity contribution is 7.71.